The minimum absolute atomic E-state index is 0.239. The van der Waals surface area contributed by atoms with Crippen molar-refractivity contribution in [3.8, 4) is 0 Å². The highest BCUT2D eigenvalue weighted by Gasteiger charge is 2.71. The van der Waals surface area contributed by atoms with Crippen LogP contribution >= 0.6 is 0 Å². The average molecular weight is 353 g/mol. The second kappa shape index (κ2) is 6.96. The van der Waals surface area contributed by atoms with Crippen molar-refractivity contribution in [3.05, 3.63) is 11.9 Å². The van der Waals surface area contributed by atoms with Crippen LogP contribution in [0.2, 0.25) is 0 Å². The molecule has 2 nitrogen and oxygen atoms in total. The van der Waals surface area contributed by atoms with Gasteiger partial charge in [0.1, 0.15) is 5.60 Å². The molecule has 0 aromatic rings. The standard InChI is InChI=1S/C14H22F7NO/c1-11(2,8-22(4)5)7-12(3,23-6)14(20,21)13(18,19)9(15)10(16)17/h7-8H2,1-6H3. The highest BCUT2D eigenvalue weighted by Crippen LogP contribution is 2.52. The Balaban J connectivity index is 5.85. The number of hydrogen-bond donors (Lipinski definition) is 0. The van der Waals surface area contributed by atoms with Crippen LogP contribution in [0.3, 0.4) is 0 Å². The fourth-order valence-corrected chi connectivity index (χ4v) is 2.73. The first kappa shape index (κ1) is 22.2. The van der Waals surface area contributed by atoms with Gasteiger partial charge < -0.3 is 9.64 Å². The third-order valence-electron chi connectivity index (χ3n) is 3.51. The van der Waals surface area contributed by atoms with E-state index >= 15 is 0 Å². The van der Waals surface area contributed by atoms with Gasteiger partial charge in [-0.3, -0.25) is 0 Å². The molecule has 1 unspecified atom stereocenters. The van der Waals surface area contributed by atoms with E-state index in [4.69, 9.17) is 0 Å². The molecule has 0 saturated carbocycles. The molecular weight excluding hydrogens is 331 g/mol. The van der Waals surface area contributed by atoms with E-state index in [1.807, 2.05) is 0 Å². The van der Waals surface area contributed by atoms with E-state index < -0.39 is 41.2 Å². The van der Waals surface area contributed by atoms with Crippen molar-refractivity contribution in [1.29, 1.82) is 0 Å². The normalized spacial score (nSPS) is 16.4. The Kier molecular flexibility index (Phi) is 6.71. The highest BCUT2D eigenvalue weighted by atomic mass is 19.3. The molecule has 138 valence electrons. The molecule has 0 spiro atoms. The Morgan fingerprint density at radius 1 is 0.957 bits per heavy atom. The molecule has 0 aliphatic heterocycles. The van der Waals surface area contributed by atoms with E-state index in [0.717, 1.165) is 7.11 Å². The van der Waals surface area contributed by atoms with E-state index in [9.17, 15) is 30.7 Å². The number of rotatable bonds is 8. The number of nitrogens with zero attached hydrogens (tertiary/aromatic N) is 1. The van der Waals surface area contributed by atoms with Crippen LogP contribution < -0.4 is 0 Å². The van der Waals surface area contributed by atoms with Crippen LogP contribution in [0.1, 0.15) is 27.2 Å². The predicted molar refractivity (Wildman–Crippen MR) is 72.6 cm³/mol. The van der Waals surface area contributed by atoms with Crippen molar-refractivity contribution in [1.82, 2.24) is 4.90 Å². The summed E-state index contributed by atoms with van der Waals surface area (Å²) >= 11 is 0. The van der Waals surface area contributed by atoms with Gasteiger partial charge in [0.2, 0.25) is 5.83 Å². The Morgan fingerprint density at radius 2 is 1.39 bits per heavy atom. The van der Waals surface area contributed by atoms with Gasteiger partial charge in [-0.25, -0.2) is 0 Å². The summed E-state index contributed by atoms with van der Waals surface area (Å²) < 4.78 is 97.4. The molecule has 0 bridgehead atoms. The summed E-state index contributed by atoms with van der Waals surface area (Å²) in [5.41, 5.74) is -3.79. The topological polar surface area (TPSA) is 12.5 Å². The maximum absolute atomic E-state index is 14.2. The predicted octanol–water partition coefficient (Wildman–Crippen LogP) is 4.72. The van der Waals surface area contributed by atoms with E-state index in [-0.39, 0.29) is 6.54 Å². The number of alkyl halides is 4. The Morgan fingerprint density at radius 3 is 1.70 bits per heavy atom. The molecule has 0 N–H and O–H groups in total. The van der Waals surface area contributed by atoms with Crippen LogP contribution in [-0.2, 0) is 4.74 Å². The molecular formula is C14H22F7NO. The molecule has 23 heavy (non-hydrogen) atoms. The first-order chi connectivity index (χ1) is 10.0. The molecule has 0 aliphatic carbocycles. The lowest BCUT2D eigenvalue weighted by atomic mass is 9.76. The third kappa shape index (κ3) is 4.59. The fraction of sp³-hybridized carbons (Fsp3) is 0.857. The molecule has 0 rings (SSSR count). The monoisotopic (exact) mass is 353 g/mol. The quantitative estimate of drug-likeness (QED) is 0.586. The lowest BCUT2D eigenvalue weighted by molar-refractivity contribution is -0.292. The van der Waals surface area contributed by atoms with Crippen molar-refractivity contribution in [2.24, 2.45) is 5.41 Å². The number of methoxy groups -OCH3 is 1. The van der Waals surface area contributed by atoms with Gasteiger partial charge in [-0.2, -0.15) is 30.7 Å². The van der Waals surface area contributed by atoms with Crippen LogP contribution in [-0.4, -0.2) is 50.1 Å². The van der Waals surface area contributed by atoms with Gasteiger partial charge in [0.25, 0.3) is 0 Å². The summed E-state index contributed by atoms with van der Waals surface area (Å²) in [6, 6.07) is 0. The van der Waals surface area contributed by atoms with Gasteiger partial charge in [-0.05, 0) is 32.9 Å². The summed E-state index contributed by atoms with van der Waals surface area (Å²) in [5, 5.41) is 0. The van der Waals surface area contributed by atoms with Gasteiger partial charge >= 0.3 is 17.9 Å². The van der Waals surface area contributed by atoms with Gasteiger partial charge in [0.05, 0.1) is 0 Å². The zero-order valence-corrected chi connectivity index (χ0v) is 13.9. The fourth-order valence-electron chi connectivity index (χ4n) is 2.73. The first-order valence-electron chi connectivity index (χ1n) is 6.71. The zero-order chi connectivity index (χ0) is 18.9. The molecule has 0 radical (unpaired) electrons. The number of ether oxygens (including phenoxy) is 1. The van der Waals surface area contributed by atoms with Crippen molar-refractivity contribution in [2.75, 3.05) is 27.7 Å². The van der Waals surface area contributed by atoms with E-state index in [2.05, 4.69) is 4.74 Å². The smallest absolute Gasteiger partial charge is 0.369 e. The molecule has 0 amide bonds. The summed E-state index contributed by atoms with van der Waals surface area (Å²) in [6.45, 7) is 3.95. The number of allylic oxidation sites excluding steroid dienone is 1. The van der Waals surface area contributed by atoms with E-state index in [0.29, 0.717) is 6.92 Å². The molecule has 0 aromatic carbocycles. The second-order valence-electron chi connectivity index (χ2n) is 6.74. The first-order valence-corrected chi connectivity index (χ1v) is 6.71. The van der Waals surface area contributed by atoms with Crippen LogP contribution in [0.5, 0.6) is 0 Å². The number of hydrogen-bond acceptors (Lipinski definition) is 2. The van der Waals surface area contributed by atoms with Crippen molar-refractivity contribution in [2.45, 2.75) is 44.6 Å². The van der Waals surface area contributed by atoms with Crippen LogP contribution in [0, 0.1) is 5.41 Å². The molecule has 0 aromatic heterocycles. The largest absolute Gasteiger partial charge is 0.372 e. The van der Waals surface area contributed by atoms with Crippen LogP contribution in [0.25, 0.3) is 0 Å². The van der Waals surface area contributed by atoms with Gasteiger partial charge in [0.15, 0.2) is 0 Å². The summed E-state index contributed by atoms with van der Waals surface area (Å²) in [6.07, 6.45) is -4.10. The Bertz CT molecular complexity index is 444. The molecule has 0 aliphatic rings. The van der Waals surface area contributed by atoms with Crippen molar-refractivity contribution >= 4 is 0 Å². The maximum Gasteiger partial charge on any atom is 0.369 e. The summed E-state index contributed by atoms with van der Waals surface area (Å²) in [7, 11) is 4.06. The highest BCUT2D eigenvalue weighted by molar-refractivity contribution is 5.16. The Labute approximate surface area is 131 Å². The SMILES string of the molecule is COC(C)(CC(C)(C)CN(C)C)C(F)(F)C(F)(F)C(F)=C(F)F. The molecule has 9 heteroatoms. The molecule has 0 fully saturated rings. The lowest BCUT2D eigenvalue weighted by Crippen LogP contribution is -2.60. The van der Waals surface area contributed by atoms with Crippen molar-refractivity contribution in [3.63, 3.8) is 0 Å². The Hall–Kier alpha value is -0.830. The maximum atomic E-state index is 14.2. The number of halogens is 7. The average Bonchev–Trinajstić information content (AvgIpc) is 2.34. The minimum atomic E-state index is -5.69. The third-order valence-corrected chi connectivity index (χ3v) is 3.51. The molecule has 0 saturated heterocycles. The van der Waals surface area contributed by atoms with Gasteiger partial charge in [0, 0.05) is 13.7 Å². The zero-order valence-electron chi connectivity index (χ0n) is 13.9. The van der Waals surface area contributed by atoms with Gasteiger partial charge in [-0.1, -0.05) is 13.8 Å². The van der Waals surface area contributed by atoms with E-state index in [1.54, 1.807) is 19.0 Å². The minimum Gasteiger partial charge on any atom is -0.372 e. The summed E-state index contributed by atoms with van der Waals surface area (Å²) in [4.78, 5) is 1.65. The van der Waals surface area contributed by atoms with E-state index in [1.165, 1.54) is 13.8 Å². The second-order valence-corrected chi connectivity index (χ2v) is 6.74. The van der Waals surface area contributed by atoms with Gasteiger partial charge in [-0.15, -0.1) is 0 Å². The molecule has 0 heterocycles. The van der Waals surface area contributed by atoms with Crippen LogP contribution in [0.4, 0.5) is 30.7 Å². The molecule has 1 atom stereocenters. The lowest BCUT2D eigenvalue weighted by Gasteiger charge is -2.44. The van der Waals surface area contributed by atoms with Crippen LogP contribution in [0.15, 0.2) is 11.9 Å². The van der Waals surface area contributed by atoms with Crippen molar-refractivity contribution < 1.29 is 35.5 Å². The summed E-state index contributed by atoms with van der Waals surface area (Å²) in [5.74, 6) is -14.3.